The van der Waals surface area contributed by atoms with Gasteiger partial charge in [-0.3, -0.25) is 4.79 Å². The summed E-state index contributed by atoms with van der Waals surface area (Å²) in [5, 5.41) is 3.35. The molecule has 5 nitrogen and oxygen atoms in total. The van der Waals surface area contributed by atoms with Crippen molar-refractivity contribution in [3.05, 3.63) is 23.3 Å². The standard InChI is InChI=1S/C15H21NO4/c1-4-20-14(17)9-11-15-10(7-8-16-11)12(18-2)5-6-13(15)19-3/h5-6,11,16H,4,7-9H2,1-3H3. The fourth-order valence-corrected chi connectivity index (χ4v) is 2.67. The highest BCUT2D eigenvalue weighted by Gasteiger charge is 2.28. The minimum atomic E-state index is -0.206. The molecule has 1 heterocycles. The molecule has 2 rings (SSSR count). The fraction of sp³-hybridized carbons (Fsp3) is 0.533. The van der Waals surface area contributed by atoms with Gasteiger partial charge in [0.15, 0.2) is 0 Å². The average molecular weight is 279 g/mol. The number of esters is 1. The minimum Gasteiger partial charge on any atom is -0.496 e. The summed E-state index contributed by atoms with van der Waals surface area (Å²) in [7, 11) is 3.29. The van der Waals surface area contributed by atoms with Gasteiger partial charge in [-0.2, -0.15) is 0 Å². The zero-order valence-corrected chi connectivity index (χ0v) is 12.2. The van der Waals surface area contributed by atoms with E-state index in [1.807, 2.05) is 19.1 Å². The predicted molar refractivity (Wildman–Crippen MR) is 75.2 cm³/mol. The van der Waals surface area contributed by atoms with Crippen molar-refractivity contribution in [2.45, 2.75) is 25.8 Å². The zero-order valence-electron chi connectivity index (χ0n) is 12.2. The van der Waals surface area contributed by atoms with Crippen molar-refractivity contribution < 1.29 is 19.0 Å². The van der Waals surface area contributed by atoms with E-state index >= 15 is 0 Å². The smallest absolute Gasteiger partial charge is 0.307 e. The summed E-state index contributed by atoms with van der Waals surface area (Å²) >= 11 is 0. The SMILES string of the molecule is CCOC(=O)CC1NCCc2c(OC)ccc(OC)c21. The molecule has 1 aromatic carbocycles. The lowest BCUT2D eigenvalue weighted by atomic mass is 9.90. The van der Waals surface area contributed by atoms with Crippen LogP contribution in [0.4, 0.5) is 0 Å². The number of benzene rings is 1. The molecule has 0 saturated heterocycles. The Morgan fingerprint density at radius 1 is 1.30 bits per heavy atom. The number of ether oxygens (including phenoxy) is 3. The molecule has 0 radical (unpaired) electrons. The van der Waals surface area contributed by atoms with Gasteiger partial charge in [-0.05, 0) is 32.0 Å². The highest BCUT2D eigenvalue weighted by Crippen LogP contribution is 2.38. The Labute approximate surface area is 119 Å². The van der Waals surface area contributed by atoms with Crippen LogP contribution in [-0.4, -0.2) is 33.3 Å². The first-order valence-electron chi connectivity index (χ1n) is 6.84. The quantitative estimate of drug-likeness (QED) is 0.834. The summed E-state index contributed by atoms with van der Waals surface area (Å²) in [6, 6.07) is 3.69. The van der Waals surface area contributed by atoms with Gasteiger partial charge in [-0.25, -0.2) is 0 Å². The molecule has 1 aliphatic rings. The van der Waals surface area contributed by atoms with Crippen LogP contribution >= 0.6 is 0 Å². The zero-order chi connectivity index (χ0) is 14.5. The second-order valence-corrected chi connectivity index (χ2v) is 4.63. The van der Waals surface area contributed by atoms with Crippen molar-refractivity contribution in [2.75, 3.05) is 27.4 Å². The summed E-state index contributed by atoms with van der Waals surface area (Å²) in [4.78, 5) is 11.7. The van der Waals surface area contributed by atoms with Gasteiger partial charge in [-0.15, -0.1) is 0 Å². The lowest BCUT2D eigenvalue weighted by molar-refractivity contribution is -0.143. The van der Waals surface area contributed by atoms with Gasteiger partial charge in [-0.1, -0.05) is 0 Å². The van der Waals surface area contributed by atoms with Crippen LogP contribution in [0, 0.1) is 0 Å². The Balaban J connectivity index is 2.35. The second kappa shape index (κ2) is 6.61. The topological polar surface area (TPSA) is 56.8 Å². The number of nitrogens with one attached hydrogen (secondary N) is 1. The number of carbonyl (C=O) groups excluding carboxylic acids is 1. The molecule has 1 atom stereocenters. The monoisotopic (exact) mass is 279 g/mol. The second-order valence-electron chi connectivity index (χ2n) is 4.63. The van der Waals surface area contributed by atoms with E-state index < -0.39 is 0 Å². The maximum Gasteiger partial charge on any atom is 0.307 e. The Hall–Kier alpha value is -1.75. The number of carbonyl (C=O) groups is 1. The van der Waals surface area contributed by atoms with Crippen molar-refractivity contribution in [1.29, 1.82) is 0 Å². The molecule has 0 aliphatic carbocycles. The number of rotatable bonds is 5. The normalized spacial score (nSPS) is 17.2. The molecule has 5 heteroatoms. The molecule has 1 aromatic rings. The van der Waals surface area contributed by atoms with Crippen molar-refractivity contribution in [3.63, 3.8) is 0 Å². The third-order valence-corrected chi connectivity index (χ3v) is 3.50. The fourth-order valence-electron chi connectivity index (χ4n) is 2.67. The highest BCUT2D eigenvalue weighted by molar-refractivity contribution is 5.71. The van der Waals surface area contributed by atoms with Crippen LogP contribution in [0.5, 0.6) is 11.5 Å². The van der Waals surface area contributed by atoms with E-state index in [2.05, 4.69) is 5.32 Å². The summed E-state index contributed by atoms with van der Waals surface area (Å²) in [6.45, 7) is 3.01. The van der Waals surface area contributed by atoms with Gasteiger partial charge in [0.2, 0.25) is 0 Å². The van der Waals surface area contributed by atoms with E-state index in [1.165, 1.54) is 0 Å². The summed E-state index contributed by atoms with van der Waals surface area (Å²) in [6.07, 6.45) is 1.15. The first-order valence-corrected chi connectivity index (χ1v) is 6.84. The predicted octanol–water partition coefficient (Wildman–Crippen LogP) is 1.84. The highest BCUT2D eigenvalue weighted by atomic mass is 16.5. The molecule has 20 heavy (non-hydrogen) atoms. The summed E-state index contributed by atoms with van der Waals surface area (Å²) in [5.74, 6) is 1.42. The third-order valence-electron chi connectivity index (χ3n) is 3.50. The molecule has 110 valence electrons. The van der Waals surface area contributed by atoms with Crippen LogP contribution < -0.4 is 14.8 Å². The summed E-state index contributed by atoms with van der Waals surface area (Å²) < 4.78 is 15.9. The van der Waals surface area contributed by atoms with E-state index in [4.69, 9.17) is 14.2 Å². The van der Waals surface area contributed by atoms with Crippen LogP contribution in [0.3, 0.4) is 0 Å². The molecule has 1 unspecified atom stereocenters. The molecule has 1 N–H and O–H groups in total. The van der Waals surface area contributed by atoms with Gasteiger partial charge >= 0.3 is 5.97 Å². The largest absolute Gasteiger partial charge is 0.496 e. The molecule has 0 fully saturated rings. The van der Waals surface area contributed by atoms with Gasteiger partial charge in [0.1, 0.15) is 11.5 Å². The first-order chi connectivity index (χ1) is 9.71. The van der Waals surface area contributed by atoms with E-state index in [1.54, 1.807) is 14.2 Å². The van der Waals surface area contributed by atoms with Crippen LogP contribution in [0.2, 0.25) is 0 Å². The van der Waals surface area contributed by atoms with Crippen LogP contribution in [0.1, 0.15) is 30.5 Å². The number of methoxy groups -OCH3 is 2. The maximum absolute atomic E-state index is 11.7. The molecule has 0 bridgehead atoms. The van der Waals surface area contributed by atoms with E-state index in [0.29, 0.717) is 13.0 Å². The Bertz CT molecular complexity index is 487. The summed E-state index contributed by atoms with van der Waals surface area (Å²) in [5.41, 5.74) is 2.12. The lowest BCUT2D eigenvalue weighted by Gasteiger charge is -2.29. The first kappa shape index (κ1) is 14.7. The number of hydrogen-bond donors (Lipinski definition) is 1. The van der Waals surface area contributed by atoms with Gasteiger partial charge in [0.05, 0.1) is 27.2 Å². The van der Waals surface area contributed by atoms with Gasteiger partial charge in [0.25, 0.3) is 0 Å². The van der Waals surface area contributed by atoms with Crippen molar-refractivity contribution in [2.24, 2.45) is 0 Å². The van der Waals surface area contributed by atoms with Crippen LogP contribution in [0.15, 0.2) is 12.1 Å². The molecule has 0 saturated carbocycles. The molecule has 0 aromatic heterocycles. The van der Waals surface area contributed by atoms with Crippen LogP contribution in [-0.2, 0) is 16.0 Å². The van der Waals surface area contributed by atoms with Crippen molar-refractivity contribution in [1.82, 2.24) is 5.32 Å². The molecular weight excluding hydrogens is 258 g/mol. The molecule has 0 amide bonds. The average Bonchev–Trinajstić information content (AvgIpc) is 2.46. The van der Waals surface area contributed by atoms with Crippen LogP contribution in [0.25, 0.3) is 0 Å². The molecular formula is C15H21NO4. The van der Waals surface area contributed by atoms with Crippen molar-refractivity contribution >= 4 is 5.97 Å². The van der Waals surface area contributed by atoms with E-state index in [0.717, 1.165) is 35.6 Å². The Kier molecular flexibility index (Phi) is 4.84. The lowest BCUT2D eigenvalue weighted by Crippen LogP contribution is -2.32. The van der Waals surface area contributed by atoms with E-state index in [9.17, 15) is 4.79 Å². The van der Waals surface area contributed by atoms with Gasteiger partial charge < -0.3 is 19.5 Å². The molecule has 1 aliphatic heterocycles. The van der Waals surface area contributed by atoms with E-state index in [-0.39, 0.29) is 12.0 Å². The Morgan fingerprint density at radius 2 is 2.00 bits per heavy atom. The Morgan fingerprint density at radius 3 is 2.65 bits per heavy atom. The number of hydrogen-bond acceptors (Lipinski definition) is 5. The minimum absolute atomic E-state index is 0.0946. The van der Waals surface area contributed by atoms with Crippen molar-refractivity contribution in [3.8, 4) is 11.5 Å². The van der Waals surface area contributed by atoms with Gasteiger partial charge in [0, 0.05) is 17.2 Å². The molecule has 0 spiro atoms. The third kappa shape index (κ3) is 2.88. The maximum atomic E-state index is 11.7. The number of fused-ring (bicyclic) bond motifs is 1.